The van der Waals surface area contributed by atoms with Gasteiger partial charge < -0.3 is 15.4 Å². The maximum Gasteiger partial charge on any atom is 0.434 e. The summed E-state index contributed by atoms with van der Waals surface area (Å²) < 4.78 is 46.9. The zero-order valence-corrected chi connectivity index (χ0v) is 15.5. The second-order valence-electron chi connectivity index (χ2n) is 8.12. The monoisotopic (exact) mass is 391 g/mol. The van der Waals surface area contributed by atoms with Gasteiger partial charge in [-0.15, -0.1) is 0 Å². The number of hydrogen-bond donors (Lipinski definition) is 1. The zero-order chi connectivity index (χ0) is 19.8. The van der Waals surface area contributed by atoms with E-state index in [0.717, 1.165) is 17.3 Å². The first-order valence-corrected chi connectivity index (χ1v) is 9.16. The van der Waals surface area contributed by atoms with Crippen molar-refractivity contribution in [1.82, 2.24) is 14.4 Å². The van der Waals surface area contributed by atoms with Gasteiger partial charge in [-0.05, 0) is 31.0 Å². The Hall–Kier alpha value is -2.39. The predicted molar refractivity (Wildman–Crippen MR) is 98.3 cm³/mol. The van der Waals surface area contributed by atoms with Crippen molar-refractivity contribution >= 4 is 22.5 Å². The lowest BCUT2D eigenvalue weighted by Crippen LogP contribution is -2.66. The highest BCUT2D eigenvalue weighted by molar-refractivity contribution is 5.95. The van der Waals surface area contributed by atoms with Gasteiger partial charge in [-0.1, -0.05) is 6.07 Å². The molecular weight excluding hydrogens is 371 g/mol. The molecule has 0 amide bonds. The summed E-state index contributed by atoms with van der Waals surface area (Å²) in [5, 5.41) is 0.578. The van der Waals surface area contributed by atoms with Crippen molar-refractivity contribution < 1.29 is 17.9 Å². The first kappa shape index (κ1) is 17.7. The largest absolute Gasteiger partial charge is 0.434 e. The van der Waals surface area contributed by atoms with Crippen molar-refractivity contribution in [1.29, 1.82) is 0 Å². The number of nitrogens with zero attached hydrogens (tertiary/aromatic N) is 4. The number of fused-ring (bicyclic) bond motifs is 3. The molecule has 5 rings (SSSR count). The van der Waals surface area contributed by atoms with Crippen molar-refractivity contribution in [2.75, 3.05) is 31.2 Å². The summed E-state index contributed by atoms with van der Waals surface area (Å²) in [4.78, 5) is 10.7. The molecule has 1 atom stereocenters. The minimum absolute atomic E-state index is 0.105. The van der Waals surface area contributed by atoms with Crippen LogP contribution < -0.4 is 10.6 Å². The van der Waals surface area contributed by atoms with Gasteiger partial charge in [-0.2, -0.15) is 13.2 Å². The van der Waals surface area contributed by atoms with Crippen LogP contribution in [0.2, 0.25) is 0 Å². The summed E-state index contributed by atoms with van der Waals surface area (Å²) in [6, 6.07) is 3.45. The number of alkyl halides is 3. The molecule has 9 heteroatoms. The van der Waals surface area contributed by atoms with Crippen molar-refractivity contribution in [3.63, 3.8) is 0 Å². The van der Waals surface area contributed by atoms with Crippen LogP contribution in [0.4, 0.5) is 19.1 Å². The minimum atomic E-state index is -4.53. The lowest BCUT2D eigenvalue weighted by atomic mass is 9.78. The first-order chi connectivity index (χ1) is 13.2. The Balaban J connectivity index is 1.77. The lowest BCUT2D eigenvalue weighted by Gasteiger charge is -2.55. The average molecular weight is 391 g/mol. The molecule has 6 nitrogen and oxygen atoms in total. The van der Waals surface area contributed by atoms with Crippen LogP contribution in [0.15, 0.2) is 18.3 Å². The SMILES string of the molecule is Cc1cc([C@@H](C)N)c2nc(N3CC4(COC4)C3)n3cc(C(F)(F)F)nc3c2c1. The smallest absolute Gasteiger partial charge is 0.380 e. The number of hydrogen-bond acceptors (Lipinski definition) is 5. The second-order valence-corrected chi connectivity index (χ2v) is 8.12. The van der Waals surface area contributed by atoms with Crippen LogP contribution in [0.25, 0.3) is 16.6 Å². The highest BCUT2D eigenvalue weighted by Crippen LogP contribution is 2.41. The summed E-state index contributed by atoms with van der Waals surface area (Å²) in [5.41, 5.74) is 7.89. The lowest BCUT2D eigenvalue weighted by molar-refractivity contribution is -0.140. The molecule has 2 aliphatic heterocycles. The predicted octanol–water partition coefficient (Wildman–Crippen LogP) is 3.07. The maximum atomic E-state index is 13.4. The number of imidazole rings is 1. The molecule has 4 heterocycles. The first-order valence-electron chi connectivity index (χ1n) is 9.16. The quantitative estimate of drug-likeness (QED) is 0.727. The third-order valence-electron chi connectivity index (χ3n) is 5.59. The third kappa shape index (κ3) is 2.49. The number of aromatic nitrogens is 3. The molecule has 0 saturated carbocycles. The van der Waals surface area contributed by atoms with E-state index in [9.17, 15) is 13.2 Å². The van der Waals surface area contributed by atoms with Gasteiger partial charge in [0.2, 0.25) is 5.95 Å². The van der Waals surface area contributed by atoms with E-state index in [1.807, 2.05) is 30.9 Å². The molecule has 0 aliphatic carbocycles. The number of halogens is 3. The maximum absolute atomic E-state index is 13.4. The van der Waals surface area contributed by atoms with Gasteiger partial charge in [0.25, 0.3) is 0 Å². The van der Waals surface area contributed by atoms with Gasteiger partial charge in [0.1, 0.15) is 5.65 Å². The van der Waals surface area contributed by atoms with Crippen LogP contribution >= 0.6 is 0 Å². The van der Waals surface area contributed by atoms with Gasteiger partial charge in [0.05, 0.1) is 24.1 Å². The van der Waals surface area contributed by atoms with E-state index < -0.39 is 11.9 Å². The van der Waals surface area contributed by atoms with Crippen LogP contribution in [-0.4, -0.2) is 40.7 Å². The number of ether oxygens (including phenoxy) is 1. The van der Waals surface area contributed by atoms with Crippen LogP contribution in [0.3, 0.4) is 0 Å². The molecule has 1 aromatic carbocycles. The molecule has 148 valence electrons. The summed E-state index contributed by atoms with van der Waals surface area (Å²) in [6.07, 6.45) is -3.49. The van der Waals surface area contributed by atoms with Crippen LogP contribution in [0.1, 0.15) is 29.8 Å². The third-order valence-corrected chi connectivity index (χ3v) is 5.59. The van der Waals surface area contributed by atoms with Crippen molar-refractivity contribution in [3.8, 4) is 0 Å². The van der Waals surface area contributed by atoms with Crippen LogP contribution in [0, 0.1) is 12.3 Å². The minimum Gasteiger partial charge on any atom is -0.380 e. The second kappa shape index (κ2) is 5.57. The molecule has 28 heavy (non-hydrogen) atoms. The highest BCUT2D eigenvalue weighted by atomic mass is 19.4. The molecule has 0 unspecified atom stereocenters. The summed E-state index contributed by atoms with van der Waals surface area (Å²) in [6.45, 7) is 6.51. The number of aryl methyl sites for hydroxylation is 1. The Labute approximate surface area is 159 Å². The summed E-state index contributed by atoms with van der Waals surface area (Å²) in [5.74, 6) is 0.466. The van der Waals surface area contributed by atoms with Crippen molar-refractivity contribution in [2.45, 2.75) is 26.1 Å². The van der Waals surface area contributed by atoms with Crippen molar-refractivity contribution in [2.24, 2.45) is 11.1 Å². The molecule has 2 aliphatic rings. The van der Waals surface area contributed by atoms with E-state index in [0.29, 0.717) is 43.2 Å². The zero-order valence-electron chi connectivity index (χ0n) is 15.5. The number of rotatable bonds is 2. The Morgan fingerprint density at radius 3 is 2.50 bits per heavy atom. The molecule has 0 bridgehead atoms. The highest BCUT2D eigenvalue weighted by Gasteiger charge is 2.50. The van der Waals surface area contributed by atoms with Gasteiger partial charge in [-0.3, -0.25) is 4.40 Å². The van der Waals surface area contributed by atoms with E-state index >= 15 is 0 Å². The van der Waals surface area contributed by atoms with Crippen LogP contribution in [-0.2, 0) is 10.9 Å². The Bertz CT molecular complexity index is 1090. The Morgan fingerprint density at radius 1 is 1.21 bits per heavy atom. The molecule has 0 radical (unpaired) electrons. The average Bonchev–Trinajstić information content (AvgIpc) is 2.97. The van der Waals surface area contributed by atoms with Crippen molar-refractivity contribution in [3.05, 3.63) is 35.2 Å². The van der Waals surface area contributed by atoms with E-state index in [1.54, 1.807) is 0 Å². The fraction of sp³-hybridized carbons (Fsp3) is 0.474. The summed E-state index contributed by atoms with van der Waals surface area (Å²) >= 11 is 0. The van der Waals surface area contributed by atoms with E-state index in [-0.39, 0.29) is 17.1 Å². The molecule has 2 N–H and O–H groups in total. The number of benzene rings is 1. The topological polar surface area (TPSA) is 68.7 Å². The van der Waals surface area contributed by atoms with E-state index in [4.69, 9.17) is 15.5 Å². The van der Waals surface area contributed by atoms with E-state index in [1.165, 1.54) is 4.40 Å². The standard InChI is InChI=1S/C19H20F3N5O/c1-10-3-12(11(2)23)15-13(4-10)16-24-14(19(20,21)22)5-27(16)17(25-15)26-6-18(7-26)8-28-9-18/h3-5,11H,6-9,23H2,1-2H3/t11-/m1/s1. The van der Waals surface area contributed by atoms with Gasteiger partial charge in [0.15, 0.2) is 5.69 Å². The molecule has 2 fully saturated rings. The number of anilines is 1. The fourth-order valence-corrected chi connectivity index (χ4v) is 4.16. The van der Waals surface area contributed by atoms with Gasteiger partial charge in [-0.25, -0.2) is 9.97 Å². The Kier molecular flexibility index (Phi) is 3.52. The number of nitrogens with two attached hydrogens (primary N) is 1. The summed E-state index contributed by atoms with van der Waals surface area (Å²) in [7, 11) is 0. The van der Waals surface area contributed by atoms with E-state index in [2.05, 4.69) is 4.98 Å². The molecule has 2 saturated heterocycles. The molecular formula is C19H20F3N5O. The molecule has 2 aromatic heterocycles. The normalized spacial score (nSPS) is 19.9. The molecule has 1 spiro atoms. The van der Waals surface area contributed by atoms with Crippen LogP contribution in [0.5, 0.6) is 0 Å². The Morgan fingerprint density at radius 2 is 1.93 bits per heavy atom. The fourth-order valence-electron chi connectivity index (χ4n) is 4.16. The molecule has 3 aromatic rings. The van der Waals surface area contributed by atoms with Gasteiger partial charge in [0, 0.05) is 30.7 Å². The van der Waals surface area contributed by atoms with Gasteiger partial charge >= 0.3 is 6.18 Å².